The molecule has 0 atom stereocenters. The zero-order chi connectivity index (χ0) is 16.5. The standard InChI is InChI=1S/C12H9BrN4O4S/c1-17-10(12(18)19)9(11(13)15-17)16-22(20,21)8-4-2-7(6-14)3-5-8/h2-5,16H,1H3,(H,18,19). The van der Waals surface area contributed by atoms with Gasteiger partial charge in [0.2, 0.25) is 0 Å². The highest BCUT2D eigenvalue weighted by Gasteiger charge is 2.25. The summed E-state index contributed by atoms with van der Waals surface area (Å²) in [6.45, 7) is 0. The molecule has 0 aliphatic rings. The van der Waals surface area contributed by atoms with Crippen molar-refractivity contribution in [2.45, 2.75) is 4.90 Å². The average molecular weight is 385 g/mol. The van der Waals surface area contributed by atoms with Crippen molar-refractivity contribution < 1.29 is 18.3 Å². The Bertz CT molecular complexity index is 881. The maximum Gasteiger partial charge on any atom is 0.356 e. The molecule has 0 bridgehead atoms. The summed E-state index contributed by atoms with van der Waals surface area (Å²) in [7, 11) is -2.63. The molecule has 22 heavy (non-hydrogen) atoms. The Kier molecular flexibility index (Phi) is 4.20. The lowest BCUT2D eigenvalue weighted by Crippen LogP contribution is -2.16. The van der Waals surface area contributed by atoms with Crippen LogP contribution in [0.1, 0.15) is 16.1 Å². The topological polar surface area (TPSA) is 125 Å². The number of anilines is 1. The minimum atomic E-state index is -4.01. The number of sulfonamides is 1. The number of nitriles is 1. The Labute approximate surface area is 134 Å². The van der Waals surface area contributed by atoms with Crippen LogP contribution in [0.3, 0.4) is 0 Å². The Hall–Kier alpha value is -2.38. The highest BCUT2D eigenvalue weighted by Crippen LogP contribution is 2.28. The molecule has 1 aromatic carbocycles. The quantitative estimate of drug-likeness (QED) is 0.823. The van der Waals surface area contributed by atoms with Crippen molar-refractivity contribution >= 4 is 37.6 Å². The number of nitrogens with zero attached hydrogens (tertiary/aromatic N) is 3. The van der Waals surface area contributed by atoms with Crippen LogP contribution in [0.15, 0.2) is 33.8 Å². The van der Waals surface area contributed by atoms with E-state index in [1.54, 1.807) is 0 Å². The molecule has 2 rings (SSSR count). The van der Waals surface area contributed by atoms with Gasteiger partial charge >= 0.3 is 5.97 Å². The average Bonchev–Trinajstić information content (AvgIpc) is 2.72. The fourth-order valence-electron chi connectivity index (χ4n) is 1.73. The van der Waals surface area contributed by atoms with Gasteiger partial charge in [-0.2, -0.15) is 10.4 Å². The second-order valence-electron chi connectivity index (χ2n) is 4.18. The highest BCUT2D eigenvalue weighted by atomic mass is 79.9. The number of benzene rings is 1. The number of nitrogens with one attached hydrogen (secondary N) is 1. The summed E-state index contributed by atoms with van der Waals surface area (Å²) in [5, 5.41) is 21.7. The number of halogens is 1. The summed E-state index contributed by atoms with van der Waals surface area (Å²) in [4.78, 5) is 11.1. The second-order valence-corrected chi connectivity index (χ2v) is 6.62. The van der Waals surface area contributed by atoms with Gasteiger partial charge in [-0.1, -0.05) is 0 Å². The molecule has 0 unspecified atom stereocenters. The molecule has 10 heteroatoms. The van der Waals surface area contributed by atoms with Crippen LogP contribution in [-0.2, 0) is 17.1 Å². The summed E-state index contributed by atoms with van der Waals surface area (Å²) in [6, 6.07) is 7.09. The van der Waals surface area contributed by atoms with Crippen molar-refractivity contribution in [3.63, 3.8) is 0 Å². The fraction of sp³-hybridized carbons (Fsp3) is 0.0833. The number of hydrogen-bond acceptors (Lipinski definition) is 5. The first-order valence-electron chi connectivity index (χ1n) is 5.75. The van der Waals surface area contributed by atoms with Crippen LogP contribution in [0.25, 0.3) is 0 Å². The molecule has 2 N–H and O–H groups in total. The van der Waals surface area contributed by atoms with Gasteiger partial charge in [0.25, 0.3) is 10.0 Å². The molecule has 8 nitrogen and oxygen atoms in total. The predicted octanol–water partition coefficient (Wildman–Crippen LogP) is 1.55. The van der Waals surface area contributed by atoms with Gasteiger partial charge in [0.1, 0.15) is 5.69 Å². The number of carboxylic acid groups (broad SMARTS) is 1. The number of aryl methyl sites for hydroxylation is 1. The molecular formula is C12H9BrN4O4S. The van der Waals surface area contributed by atoms with E-state index in [1.165, 1.54) is 31.3 Å². The Morgan fingerprint density at radius 2 is 2.00 bits per heavy atom. The van der Waals surface area contributed by atoms with Gasteiger partial charge < -0.3 is 5.11 Å². The van der Waals surface area contributed by atoms with E-state index in [1.807, 2.05) is 6.07 Å². The lowest BCUT2D eigenvalue weighted by molar-refractivity contribution is 0.0686. The maximum atomic E-state index is 12.3. The molecule has 1 heterocycles. The molecule has 0 radical (unpaired) electrons. The molecule has 1 aromatic heterocycles. The normalized spacial score (nSPS) is 11.0. The zero-order valence-corrected chi connectivity index (χ0v) is 13.5. The fourth-order valence-corrected chi connectivity index (χ4v) is 3.46. The van der Waals surface area contributed by atoms with Crippen molar-refractivity contribution in [1.29, 1.82) is 5.26 Å². The van der Waals surface area contributed by atoms with E-state index in [-0.39, 0.29) is 20.9 Å². The van der Waals surface area contributed by atoms with E-state index in [4.69, 9.17) is 10.4 Å². The van der Waals surface area contributed by atoms with Crippen LogP contribution in [0.4, 0.5) is 5.69 Å². The van der Waals surface area contributed by atoms with E-state index in [0.29, 0.717) is 5.56 Å². The monoisotopic (exact) mass is 384 g/mol. The smallest absolute Gasteiger partial charge is 0.356 e. The highest BCUT2D eigenvalue weighted by molar-refractivity contribution is 9.10. The first-order chi connectivity index (χ1) is 10.3. The lowest BCUT2D eigenvalue weighted by atomic mass is 10.2. The Morgan fingerprint density at radius 1 is 1.41 bits per heavy atom. The summed E-state index contributed by atoms with van der Waals surface area (Å²) < 4.78 is 27.9. The van der Waals surface area contributed by atoms with Crippen molar-refractivity contribution in [1.82, 2.24) is 9.78 Å². The SMILES string of the molecule is Cn1nc(Br)c(NS(=O)(=O)c2ccc(C#N)cc2)c1C(=O)O. The first kappa shape index (κ1) is 16.0. The van der Waals surface area contributed by atoms with Crippen molar-refractivity contribution in [3.8, 4) is 6.07 Å². The minimum absolute atomic E-state index is 0.0598. The van der Waals surface area contributed by atoms with Gasteiger partial charge in [0, 0.05) is 7.05 Å². The van der Waals surface area contributed by atoms with E-state index >= 15 is 0 Å². The van der Waals surface area contributed by atoms with Crippen molar-refractivity contribution in [2.24, 2.45) is 7.05 Å². The molecule has 0 saturated carbocycles. The van der Waals surface area contributed by atoms with Crippen molar-refractivity contribution in [2.75, 3.05) is 4.72 Å². The molecule has 0 saturated heterocycles. The number of hydrogen-bond donors (Lipinski definition) is 2. The van der Waals surface area contributed by atoms with Crippen LogP contribution in [-0.4, -0.2) is 29.3 Å². The zero-order valence-electron chi connectivity index (χ0n) is 11.1. The molecule has 2 aromatic rings. The van der Waals surface area contributed by atoms with Gasteiger partial charge in [-0.15, -0.1) is 0 Å². The van der Waals surface area contributed by atoms with Gasteiger partial charge in [-0.05, 0) is 40.2 Å². The Balaban J connectivity index is 2.45. The molecule has 114 valence electrons. The van der Waals surface area contributed by atoms with Gasteiger partial charge in [-0.25, -0.2) is 13.2 Å². The molecular weight excluding hydrogens is 376 g/mol. The third-order valence-electron chi connectivity index (χ3n) is 2.74. The van der Waals surface area contributed by atoms with Crippen LogP contribution in [0, 0.1) is 11.3 Å². The molecule has 0 fully saturated rings. The second kappa shape index (κ2) is 5.78. The summed E-state index contributed by atoms with van der Waals surface area (Å²) in [6.07, 6.45) is 0. The summed E-state index contributed by atoms with van der Waals surface area (Å²) in [5.41, 5.74) is -0.156. The number of carboxylic acids is 1. The molecule has 0 aliphatic heterocycles. The van der Waals surface area contributed by atoms with Crippen LogP contribution in [0.5, 0.6) is 0 Å². The largest absolute Gasteiger partial charge is 0.476 e. The predicted molar refractivity (Wildman–Crippen MR) is 79.8 cm³/mol. The maximum absolute atomic E-state index is 12.3. The molecule has 0 aliphatic carbocycles. The minimum Gasteiger partial charge on any atom is -0.476 e. The van der Waals surface area contributed by atoms with E-state index in [0.717, 1.165) is 4.68 Å². The third kappa shape index (κ3) is 2.95. The van der Waals surface area contributed by atoms with Gasteiger partial charge in [0.05, 0.1) is 16.5 Å². The third-order valence-corrected chi connectivity index (χ3v) is 4.66. The van der Waals surface area contributed by atoms with E-state index in [9.17, 15) is 13.2 Å². The Morgan fingerprint density at radius 3 is 2.50 bits per heavy atom. The van der Waals surface area contributed by atoms with Crippen LogP contribution >= 0.6 is 15.9 Å². The van der Waals surface area contributed by atoms with Gasteiger partial charge in [0.15, 0.2) is 10.3 Å². The number of aromatic carboxylic acids is 1. The van der Waals surface area contributed by atoms with E-state index in [2.05, 4.69) is 25.8 Å². The van der Waals surface area contributed by atoms with Crippen LogP contribution in [0.2, 0.25) is 0 Å². The first-order valence-corrected chi connectivity index (χ1v) is 8.02. The van der Waals surface area contributed by atoms with Gasteiger partial charge in [-0.3, -0.25) is 9.40 Å². The molecule has 0 spiro atoms. The number of aromatic nitrogens is 2. The lowest BCUT2D eigenvalue weighted by Gasteiger charge is -2.08. The number of carbonyl (C=O) groups is 1. The van der Waals surface area contributed by atoms with Crippen molar-refractivity contribution in [3.05, 3.63) is 40.1 Å². The molecule has 0 amide bonds. The summed E-state index contributed by atoms with van der Waals surface area (Å²) >= 11 is 3.02. The van der Waals surface area contributed by atoms with E-state index < -0.39 is 16.0 Å². The number of rotatable bonds is 4. The van der Waals surface area contributed by atoms with Crippen LogP contribution < -0.4 is 4.72 Å². The summed E-state index contributed by atoms with van der Waals surface area (Å²) in [5.74, 6) is -1.32.